The average Bonchev–Trinajstić information content (AvgIpc) is 2.58. The van der Waals surface area contributed by atoms with Crippen LogP contribution in [0.1, 0.15) is 24.2 Å². The van der Waals surface area contributed by atoms with Gasteiger partial charge in [-0.3, -0.25) is 4.68 Å². The Morgan fingerprint density at radius 3 is 2.76 bits per heavy atom. The molecular formula is C13H17N3O. The molecule has 2 rings (SSSR count). The summed E-state index contributed by atoms with van der Waals surface area (Å²) in [4.78, 5) is 0. The lowest BCUT2D eigenvalue weighted by molar-refractivity contribution is 0.475. The fourth-order valence-corrected chi connectivity index (χ4v) is 1.97. The van der Waals surface area contributed by atoms with Gasteiger partial charge in [0.25, 0.3) is 0 Å². The standard InChI is InChI=1S/C13H17N3O/c1-9(13-8-16(3)15-10(13)2)14-11-5-4-6-12(17)7-11/h4-9,14,17H,1-3H3. The molecule has 1 unspecified atom stereocenters. The van der Waals surface area contributed by atoms with E-state index in [1.165, 1.54) is 0 Å². The number of nitrogens with one attached hydrogen (secondary N) is 1. The zero-order valence-corrected chi connectivity index (χ0v) is 10.3. The van der Waals surface area contributed by atoms with Gasteiger partial charge < -0.3 is 10.4 Å². The van der Waals surface area contributed by atoms with Gasteiger partial charge in [0.2, 0.25) is 0 Å². The van der Waals surface area contributed by atoms with Crippen LogP contribution >= 0.6 is 0 Å². The van der Waals surface area contributed by atoms with E-state index in [1.54, 1.807) is 12.1 Å². The summed E-state index contributed by atoms with van der Waals surface area (Å²) in [5.74, 6) is 0.269. The zero-order chi connectivity index (χ0) is 12.4. The summed E-state index contributed by atoms with van der Waals surface area (Å²) in [6.45, 7) is 4.07. The van der Waals surface area contributed by atoms with Gasteiger partial charge in [0.1, 0.15) is 5.75 Å². The lowest BCUT2D eigenvalue weighted by Crippen LogP contribution is -2.06. The minimum absolute atomic E-state index is 0.158. The van der Waals surface area contributed by atoms with Crippen LogP contribution in [0.4, 0.5) is 5.69 Å². The van der Waals surface area contributed by atoms with Gasteiger partial charge in [0, 0.05) is 30.6 Å². The topological polar surface area (TPSA) is 50.1 Å². The number of phenols is 1. The molecule has 0 saturated carbocycles. The summed E-state index contributed by atoms with van der Waals surface area (Å²) in [7, 11) is 1.91. The second-order valence-corrected chi connectivity index (χ2v) is 4.26. The molecule has 1 aromatic carbocycles. The molecule has 1 heterocycles. The Balaban J connectivity index is 2.16. The third kappa shape index (κ3) is 2.58. The second-order valence-electron chi connectivity index (χ2n) is 4.26. The first-order valence-electron chi connectivity index (χ1n) is 5.62. The van der Waals surface area contributed by atoms with Crippen LogP contribution in [-0.2, 0) is 7.05 Å². The highest BCUT2D eigenvalue weighted by Crippen LogP contribution is 2.23. The molecule has 4 nitrogen and oxygen atoms in total. The van der Waals surface area contributed by atoms with E-state index in [0.717, 1.165) is 16.9 Å². The molecule has 1 atom stereocenters. The highest BCUT2D eigenvalue weighted by Gasteiger charge is 2.11. The molecule has 0 amide bonds. The minimum Gasteiger partial charge on any atom is -0.508 e. The van der Waals surface area contributed by atoms with Gasteiger partial charge >= 0.3 is 0 Å². The zero-order valence-electron chi connectivity index (χ0n) is 10.3. The van der Waals surface area contributed by atoms with Crippen LogP contribution in [0.2, 0.25) is 0 Å². The van der Waals surface area contributed by atoms with Crippen LogP contribution in [-0.4, -0.2) is 14.9 Å². The number of benzene rings is 1. The van der Waals surface area contributed by atoms with E-state index in [-0.39, 0.29) is 11.8 Å². The van der Waals surface area contributed by atoms with Crippen LogP contribution in [0, 0.1) is 6.92 Å². The van der Waals surface area contributed by atoms with Crippen LogP contribution in [0.25, 0.3) is 0 Å². The lowest BCUT2D eigenvalue weighted by atomic mass is 10.1. The Kier molecular flexibility index (Phi) is 3.04. The molecule has 0 aliphatic carbocycles. The van der Waals surface area contributed by atoms with Crippen LogP contribution in [0.15, 0.2) is 30.5 Å². The first kappa shape index (κ1) is 11.5. The van der Waals surface area contributed by atoms with E-state index in [1.807, 2.05) is 37.0 Å². The van der Waals surface area contributed by atoms with Gasteiger partial charge in [0.05, 0.1) is 11.7 Å². The van der Waals surface area contributed by atoms with E-state index in [4.69, 9.17) is 0 Å². The Bertz CT molecular complexity index is 519. The lowest BCUT2D eigenvalue weighted by Gasteiger charge is -2.14. The molecule has 2 aromatic rings. The number of rotatable bonds is 3. The van der Waals surface area contributed by atoms with Crippen molar-refractivity contribution in [1.82, 2.24) is 9.78 Å². The van der Waals surface area contributed by atoms with Crippen LogP contribution in [0.5, 0.6) is 5.75 Å². The maximum atomic E-state index is 9.40. The van der Waals surface area contributed by atoms with E-state index in [2.05, 4.69) is 17.3 Å². The van der Waals surface area contributed by atoms with Gasteiger partial charge in [0.15, 0.2) is 0 Å². The van der Waals surface area contributed by atoms with Crippen molar-refractivity contribution < 1.29 is 5.11 Å². The van der Waals surface area contributed by atoms with Gasteiger partial charge in [-0.1, -0.05) is 6.07 Å². The molecule has 0 radical (unpaired) electrons. The van der Waals surface area contributed by atoms with Crippen LogP contribution in [0.3, 0.4) is 0 Å². The van der Waals surface area contributed by atoms with Gasteiger partial charge in [-0.15, -0.1) is 0 Å². The van der Waals surface area contributed by atoms with Crippen molar-refractivity contribution in [1.29, 1.82) is 0 Å². The minimum atomic E-state index is 0.158. The van der Waals surface area contributed by atoms with E-state index in [0.29, 0.717) is 0 Å². The number of anilines is 1. The van der Waals surface area contributed by atoms with Crippen molar-refractivity contribution >= 4 is 5.69 Å². The molecule has 2 N–H and O–H groups in total. The third-order valence-electron chi connectivity index (χ3n) is 2.75. The Labute approximate surface area is 101 Å². The maximum absolute atomic E-state index is 9.40. The van der Waals surface area contributed by atoms with Gasteiger partial charge in [-0.2, -0.15) is 5.10 Å². The quantitative estimate of drug-likeness (QED) is 0.853. The second kappa shape index (κ2) is 4.49. The largest absolute Gasteiger partial charge is 0.508 e. The SMILES string of the molecule is Cc1nn(C)cc1C(C)Nc1cccc(O)c1. The Morgan fingerprint density at radius 2 is 2.18 bits per heavy atom. The van der Waals surface area contributed by atoms with Crippen molar-refractivity contribution in [2.45, 2.75) is 19.9 Å². The number of hydrogen-bond donors (Lipinski definition) is 2. The van der Waals surface area contributed by atoms with Crippen molar-refractivity contribution in [3.05, 3.63) is 41.7 Å². The molecule has 0 aliphatic heterocycles. The summed E-state index contributed by atoms with van der Waals surface area (Å²) in [6.07, 6.45) is 2.01. The normalized spacial score (nSPS) is 12.4. The monoisotopic (exact) mass is 231 g/mol. The molecule has 1 aromatic heterocycles. The van der Waals surface area contributed by atoms with Crippen molar-refractivity contribution in [2.24, 2.45) is 7.05 Å². The smallest absolute Gasteiger partial charge is 0.117 e. The third-order valence-corrected chi connectivity index (χ3v) is 2.75. The summed E-state index contributed by atoms with van der Waals surface area (Å²) in [6, 6.07) is 7.28. The molecule has 0 bridgehead atoms. The van der Waals surface area contributed by atoms with Crippen LogP contribution < -0.4 is 5.32 Å². The molecule has 0 spiro atoms. The fourth-order valence-electron chi connectivity index (χ4n) is 1.97. The van der Waals surface area contributed by atoms with Crippen molar-refractivity contribution in [3.8, 4) is 5.75 Å². The number of hydrogen-bond acceptors (Lipinski definition) is 3. The molecule has 0 fully saturated rings. The molecule has 17 heavy (non-hydrogen) atoms. The van der Waals surface area contributed by atoms with E-state index < -0.39 is 0 Å². The molecule has 0 aliphatic rings. The summed E-state index contributed by atoms with van der Waals surface area (Å²) >= 11 is 0. The predicted octanol–water partition coefficient (Wildman–Crippen LogP) is 2.61. The molecule has 4 heteroatoms. The molecule has 90 valence electrons. The van der Waals surface area contributed by atoms with Crippen molar-refractivity contribution in [2.75, 3.05) is 5.32 Å². The van der Waals surface area contributed by atoms with E-state index in [9.17, 15) is 5.11 Å². The predicted molar refractivity (Wildman–Crippen MR) is 68.1 cm³/mol. The number of aryl methyl sites for hydroxylation is 2. The Morgan fingerprint density at radius 1 is 1.41 bits per heavy atom. The Hall–Kier alpha value is -1.97. The van der Waals surface area contributed by atoms with Crippen molar-refractivity contribution in [3.63, 3.8) is 0 Å². The summed E-state index contributed by atoms with van der Waals surface area (Å²) in [5.41, 5.74) is 3.09. The van der Waals surface area contributed by atoms with E-state index >= 15 is 0 Å². The number of nitrogens with zero attached hydrogens (tertiary/aromatic N) is 2. The average molecular weight is 231 g/mol. The molecule has 0 saturated heterocycles. The molecular weight excluding hydrogens is 214 g/mol. The maximum Gasteiger partial charge on any atom is 0.117 e. The van der Waals surface area contributed by atoms with Gasteiger partial charge in [-0.05, 0) is 26.0 Å². The van der Waals surface area contributed by atoms with Gasteiger partial charge in [-0.25, -0.2) is 0 Å². The number of aromatic hydroxyl groups is 1. The summed E-state index contributed by atoms with van der Waals surface area (Å²) in [5, 5.41) is 17.1. The number of aromatic nitrogens is 2. The summed E-state index contributed by atoms with van der Waals surface area (Å²) < 4.78 is 1.81. The number of phenolic OH excluding ortho intramolecular Hbond substituents is 1. The highest BCUT2D eigenvalue weighted by molar-refractivity contribution is 5.49. The first-order valence-corrected chi connectivity index (χ1v) is 5.62. The first-order chi connectivity index (χ1) is 8.06. The highest BCUT2D eigenvalue weighted by atomic mass is 16.3. The fraction of sp³-hybridized carbons (Fsp3) is 0.308.